The molecule has 0 spiro atoms. The Bertz CT molecular complexity index is 294. The topological polar surface area (TPSA) is 30.9 Å². The third-order valence-corrected chi connectivity index (χ3v) is 3.72. The molecule has 0 radical (unpaired) electrons. The number of nitrogens with zero attached hydrogens (tertiary/aromatic N) is 3. The fourth-order valence-corrected chi connectivity index (χ4v) is 2.45. The Kier molecular flexibility index (Phi) is 11.2. The second kappa shape index (κ2) is 11.4. The number of guanidine groups is 1. The van der Waals surface area contributed by atoms with Crippen LogP contribution in [0.4, 0.5) is 0 Å². The van der Waals surface area contributed by atoms with Crippen molar-refractivity contribution >= 4 is 29.9 Å². The average molecular weight is 394 g/mol. The van der Waals surface area contributed by atoms with E-state index < -0.39 is 0 Å². The van der Waals surface area contributed by atoms with Crippen LogP contribution in [-0.4, -0.2) is 62.1 Å². The van der Waals surface area contributed by atoms with E-state index in [1.54, 1.807) is 0 Å². The largest absolute Gasteiger partial charge is 0.357 e. The third kappa shape index (κ3) is 6.92. The lowest BCUT2D eigenvalue weighted by Gasteiger charge is -2.23. The highest BCUT2D eigenvalue weighted by Crippen LogP contribution is 2.14. The van der Waals surface area contributed by atoms with E-state index in [-0.39, 0.29) is 24.0 Å². The minimum atomic E-state index is 0. The van der Waals surface area contributed by atoms with Crippen LogP contribution in [0.25, 0.3) is 0 Å². The molecule has 1 rings (SSSR count). The third-order valence-electron chi connectivity index (χ3n) is 3.72. The summed E-state index contributed by atoms with van der Waals surface area (Å²) in [6.45, 7) is 9.96. The fourth-order valence-electron chi connectivity index (χ4n) is 2.45. The standard InChI is InChI=1S/C15H30N4.HI/c1-5-7-8-11-19(4)15(16-6-2)17-13-14-10-9-12-18(14)3;/h5,14H,1,6-13H2,2-4H3,(H,16,17);1H. The van der Waals surface area contributed by atoms with E-state index in [0.29, 0.717) is 6.04 Å². The van der Waals surface area contributed by atoms with Gasteiger partial charge in [-0.1, -0.05) is 6.08 Å². The molecule has 1 unspecified atom stereocenters. The van der Waals surface area contributed by atoms with Crippen molar-refractivity contribution in [3.63, 3.8) is 0 Å². The molecule has 5 heteroatoms. The Hall–Kier alpha value is -0.300. The molecule has 0 amide bonds. The van der Waals surface area contributed by atoms with Gasteiger partial charge in [0, 0.05) is 26.2 Å². The van der Waals surface area contributed by atoms with E-state index in [4.69, 9.17) is 4.99 Å². The van der Waals surface area contributed by atoms with Gasteiger partial charge in [0.25, 0.3) is 0 Å². The summed E-state index contributed by atoms with van der Waals surface area (Å²) < 4.78 is 0. The number of allylic oxidation sites excluding steroid dienone is 1. The van der Waals surface area contributed by atoms with Gasteiger partial charge >= 0.3 is 0 Å². The summed E-state index contributed by atoms with van der Waals surface area (Å²) in [6, 6.07) is 0.621. The second-order valence-electron chi connectivity index (χ2n) is 5.32. The summed E-state index contributed by atoms with van der Waals surface area (Å²) in [6.07, 6.45) is 6.76. The smallest absolute Gasteiger partial charge is 0.193 e. The molecule has 1 aliphatic heterocycles. The molecule has 0 aromatic heterocycles. The molecule has 1 fully saturated rings. The van der Waals surface area contributed by atoms with Crippen molar-refractivity contribution in [2.24, 2.45) is 4.99 Å². The van der Waals surface area contributed by atoms with Gasteiger partial charge < -0.3 is 15.1 Å². The number of likely N-dealkylation sites (N-methyl/N-ethyl adjacent to an activating group) is 1. The molecule has 0 saturated carbocycles. The number of aliphatic imine (C=N–C) groups is 1. The molecule has 4 nitrogen and oxygen atoms in total. The van der Waals surface area contributed by atoms with Gasteiger partial charge in [-0.05, 0) is 46.2 Å². The van der Waals surface area contributed by atoms with Crippen LogP contribution in [0.3, 0.4) is 0 Å². The lowest BCUT2D eigenvalue weighted by Crippen LogP contribution is -2.40. The quantitative estimate of drug-likeness (QED) is 0.237. The van der Waals surface area contributed by atoms with E-state index in [9.17, 15) is 0 Å². The summed E-state index contributed by atoms with van der Waals surface area (Å²) >= 11 is 0. The van der Waals surface area contributed by atoms with Gasteiger partial charge in [-0.25, -0.2) is 0 Å². The molecule has 20 heavy (non-hydrogen) atoms. The van der Waals surface area contributed by atoms with Crippen LogP contribution in [0.15, 0.2) is 17.6 Å². The van der Waals surface area contributed by atoms with Crippen molar-refractivity contribution < 1.29 is 0 Å². The van der Waals surface area contributed by atoms with Crippen molar-refractivity contribution in [1.82, 2.24) is 15.1 Å². The maximum Gasteiger partial charge on any atom is 0.193 e. The lowest BCUT2D eigenvalue weighted by atomic mass is 10.2. The number of unbranched alkanes of at least 4 members (excludes halogenated alkanes) is 1. The Morgan fingerprint density at radius 1 is 1.55 bits per heavy atom. The minimum Gasteiger partial charge on any atom is -0.357 e. The molecule has 1 aliphatic rings. The molecule has 0 aromatic carbocycles. The highest BCUT2D eigenvalue weighted by molar-refractivity contribution is 14.0. The minimum absolute atomic E-state index is 0. The Morgan fingerprint density at radius 2 is 2.30 bits per heavy atom. The van der Waals surface area contributed by atoms with Crippen LogP contribution in [0.1, 0.15) is 32.6 Å². The predicted octanol–water partition coefficient (Wildman–Crippen LogP) is 2.56. The first-order valence-electron chi connectivity index (χ1n) is 7.49. The maximum atomic E-state index is 4.79. The van der Waals surface area contributed by atoms with E-state index in [1.807, 2.05) is 6.08 Å². The predicted molar refractivity (Wildman–Crippen MR) is 99.1 cm³/mol. The van der Waals surface area contributed by atoms with E-state index >= 15 is 0 Å². The summed E-state index contributed by atoms with van der Waals surface area (Å²) in [5.74, 6) is 1.03. The first-order chi connectivity index (χ1) is 9.19. The molecule has 0 aliphatic carbocycles. The zero-order valence-electron chi connectivity index (χ0n) is 13.3. The SMILES string of the molecule is C=CCCCN(C)C(=NCC1CCCN1C)NCC.I. The van der Waals surface area contributed by atoms with Crippen LogP contribution < -0.4 is 5.32 Å². The number of halogens is 1. The van der Waals surface area contributed by atoms with Crippen molar-refractivity contribution in [2.45, 2.75) is 38.6 Å². The number of hydrogen-bond acceptors (Lipinski definition) is 2. The molecule has 0 aromatic rings. The summed E-state index contributed by atoms with van der Waals surface area (Å²) in [5.41, 5.74) is 0. The van der Waals surface area contributed by atoms with E-state index in [2.05, 4.69) is 42.7 Å². The van der Waals surface area contributed by atoms with E-state index in [1.165, 1.54) is 19.4 Å². The zero-order valence-corrected chi connectivity index (χ0v) is 15.6. The molecule has 1 saturated heterocycles. The van der Waals surface area contributed by atoms with Crippen molar-refractivity contribution in [1.29, 1.82) is 0 Å². The van der Waals surface area contributed by atoms with Gasteiger partial charge in [0.15, 0.2) is 5.96 Å². The summed E-state index contributed by atoms with van der Waals surface area (Å²) in [5, 5.41) is 3.38. The molecular formula is C15H31IN4. The Morgan fingerprint density at radius 3 is 2.85 bits per heavy atom. The Labute approximate surface area is 141 Å². The lowest BCUT2D eigenvalue weighted by molar-refractivity contribution is 0.316. The molecule has 1 heterocycles. The highest BCUT2D eigenvalue weighted by Gasteiger charge is 2.20. The number of hydrogen-bond donors (Lipinski definition) is 1. The van der Waals surface area contributed by atoms with Crippen LogP contribution in [-0.2, 0) is 0 Å². The second-order valence-corrected chi connectivity index (χ2v) is 5.32. The highest BCUT2D eigenvalue weighted by atomic mass is 127. The summed E-state index contributed by atoms with van der Waals surface area (Å²) in [4.78, 5) is 9.43. The van der Waals surface area contributed by atoms with Crippen LogP contribution in [0, 0.1) is 0 Å². The van der Waals surface area contributed by atoms with Gasteiger partial charge in [0.1, 0.15) is 0 Å². The monoisotopic (exact) mass is 394 g/mol. The molecule has 1 N–H and O–H groups in total. The number of likely N-dealkylation sites (tertiary alicyclic amines) is 1. The van der Waals surface area contributed by atoms with Crippen LogP contribution >= 0.6 is 24.0 Å². The van der Waals surface area contributed by atoms with E-state index in [0.717, 1.165) is 38.4 Å². The molecule has 118 valence electrons. The van der Waals surface area contributed by atoms with Gasteiger partial charge in [-0.3, -0.25) is 4.99 Å². The zero-order chi connectivity index (χ0) is 14.1. The van der Waals surface area contributed by atoms with Crippen molar-refractivity contribution in [3.8, 4) is 0 Å². The molecule has 1 atom stereocenters. The maximum absolute atomic E-state index is 4.79. The van der Waals surface area contributed by atoms with Gasteiger partial charge in [0.05, 0.1) is 6.54 Å². The molecule has 0 bridgehead atoms. The van der Waals surface area contributed by atoms with Crippen LogP contribution in [0.5, 0.6) is 0 Å². The number of rotatable bonds is 7. The van der Waals surface area contributed by atoms with Crippen molar-refractivity contribution in [2.75, 3.05) is 40.3 Å². The molecular weight excluding hydrogens is 363 g/mol. The Balaban J connectivity index is 0.00000361. The fraction of sp³-hybridized carbons (Fsp3) is 0.800. The number of nitrogens with one attached hydrogen (secondary N) is 1. The summed E-state index contributed by atoms with van der Waals surface area (Å²) in [7, 11) is 4.32. The van der Waals surface area contributed by atoms with Crippen molar-refractivity contribution in [3.05, 3.63) is 12.7 Å². The first kappa shape index (κ1) is 19.7. The van der Waals surface area contributed by atoms with Gasteiger partial charge in [-0.2, -0.15) is 0 Å². The van der Waals surface area contributed by atoms with Gasteiger partial charge in [0.2, 0.25) is 0 Å². The normalized spacial score (nSPS) is 19.6. The average Bonchev–Trinajstić information content (AvgIpc) is 2.80. The van der Waals surface area contributed by atoms with Crippen LogP contribution in [0.2, 0.25) is 0 Å². The van der Waals surface area contributed by atoms with Gasteiger partial charge in [-0.15, -0.1) is 30.6 Å². The first-order valence-corrected chi connectivity index (χ1v) is 7.49.